The molecule has 6 atom stereocenters. The number of alkyl carbamates (subject to hydrolysis) is 1. The highest BCUT2D eigenvalue weighted by Crippen LogP contribution is 2.34. The van der Waals surface area contributed by atoms with Crippen molar-refractivity contribution in [2.24, 2.45) is 0 Å². The van der Waals surface area contributed by atoms with Crippen LogP contribution in [0.3, 0.4) is 0 Å². The molecule has 0 spiro atoms. The highest BCUT2D eigenvalue weighted by atomic mass is 16.7. The molecule has 1 amide bonds. The van der Waals surface area contributed by atoms with Gasteiger partial charge in [-0.05, 0) is 6.92 Å². The highest BCUT2D eigenvalue weighted by molar-refractivity contribution is 5.67. The predicted octanol–water partition coefficient (Wildman–Crippen LogP) is 0.947. The number of methoxy groups -OCH3 is 1. The zero-order valence-electron chi connectivity index (χ0n) is 14.2. The van der Waals surface area contributed by atoms with Gasteiger partial charge >= 0.3 is 6.09 Å². The van der Waals surface area contributed by atoms with E-state index in [1.807, 2.05) is 30.3 Å². The Kier molecular flexibility index (Phi) is 5.87. The van der Waals surface area contributed by atoms with Crippen molar-refractivity contribution in [1.29, 1.82) is 0 Å². The quantitative estimate of drug-likeness (QED) is 0.832. The minimum Gasteiger partial charge on any atom is -0.450 e. The first-order chi connectivity index (χ1) is 12.1. The number of ether oxygens (including phenoxy) is 5. The molecule has 2 N–H and O–H groups in total. The molecular weight excluding hydrogens is 330 g/mol. The maximum Gasteiger partial charge on any atom is 0.407 e. The van der Waals surface area contributed by atoms with E-state index in [2.05, 4.69) is 5.32 Å². The summed E-state index contributed by atoms with van der Waals surface area (Å²) in [5.41, 5.74) is 0.844. The Bertz CT molecular complexity index is 569. The number of carbonyl (C=O) groups excluding carboxylic acids is 1. The number of aliphatic hydroxyl groups is 1. The van der Waals surface area contributed by atoms with E-state index in [0.29, 0.717) is 0 Å². The van der Waals surface area contributed by atoms with Crippen LogP contribution in [-0.4, -0.2) is 62.2 Å². The third kappa shape index (κ3) is 3.94. The molecule has 0 radical (unpaired) electrons. The van der Waals surface area contributed by atoms with Crippen LogP contribution in [0.1, 0.15) is 18.8 Å². The van der Waals surface area contributed by atoms with Gasteiger partial charge in [-0.2, -0.15) is 0 Å². The number of hydrogen-bond acceptors (Lipinski definition) is 7. The molecule has 0 aliphatic carbocycles. The largest absolute Gasteiger partial charge is 0.450 e. The molecule has 8 nitrogen and oxygen atoms in total. The molecule has 2 fully saturated rings. The SMILES string of the molecule is CCOC(=O)N[C@H]1[C@H](OC)O[C@@H]2CO[C@H](c3ccccc3)O[C@H]2[C@@H]1O. The van der Waals surface area contributed by atoms with Gasteiger partial charge in [0.2, 0.25) is 0 Å². The number of fused-ring (bicyclic) bond motifs is 1. The van der Waals surface area contributed by atoms with Crippen LogP contribution in [0.25, 0.3) is 0 Å². The third-order valence-electron chi connectivity index (χ3n) is 4.23. The van der Waals surface area contributed by atoms with Crippen LogP contribution in [0.4, 0.5) is 4.79 Å². The molecule has 1 aromatic carbocycles. The van der Waals surface area contributed by atoms with Crippen molar-refractivity contribution in [3.63, 3.8) is 0 Å². The molecule has 25 heavy (non-hydrogen) atoms. The second kappa shape index (κ2) is 8.11. The van der Waals surface area contributed by atoms with Gasteiger partial charge in [-0.25, -0.2) is 4.79 Å². The fourth-order valence-corrected chi connectivity index (χ4v) is 3.04. The summed E-state index contributed by atoms with van der Waals surface area (Å²) in [5, 5.41) is 13.3. The van der Waals surface area contributed by atoms with Gasteiger partial charge < -0.3 is 34.1 Å². The molecule has 0 aromatic heterocycles. The molecule has 0 saturated carbocycles. The average Bonchev–Trinajstić information content (AvgIpc) is 2.64. The van der Waals surface area contributed by atoms with E-state index in [1.165, 1.54) is 7.11 Å². The molecule has 138 valence electrons. The zero-order valence-corrected chi connectivity index (χ0v) is 14.2. The number of benzene rings is 1. The number of rotatable bonds is 4. The summed E-state index contributed by atoms with van der Waals surface area (Å²) in [5.74, 6) is 0. The first-order valence-corrected chi connectivity index (χ1v) is 8.25. The molecule has 0 unspecified atom stereocenters. The number of amides is 1. The Morgan fingerprint density at radius 3 is 2.76 bits per heavy atom. The summed E-state index contributed by atoms with van der Waals surface area (Å²) >= 11 is 0. The van der Waals surface area contributed by atoms with Crippen LogP contribution in [0.5, 0.6) is 0 Å². The van der Waals surface area contributed by atoms with E-state index in [9.17, 15) is 9.90 Å². The van der Waals surface area contributed by atoms with Crippen molar-refractivity contribution < 1.29 is 33.6 Å². The van der Waals surface area contributed by atoms with Crippen LogP contribution in [0.15, 0.2) is 30.3 Å². The summed E-state index contributed by atoms with van der Waals surface area (Å²) < 4.78 is 27.5. The normalized spacial score (nSPS) is 34.8. The van der Waals surface area contributed by atoms with Gasteiger partial charge in [0.15, 0.2) is 12.6 Å². The maximum absolute atomic E-state index is 11.7. The zero-order chi connectivity index (χ0) is 17.8. The van der Waals surface area contributed by atoms with Crippen molar-refractivity contribution in [3.05, 3.63) is 35.9 Å². The van der Waals surface area contributed by atoms with Gasteiger partial charge in [0.05, 0.1) is 13.2 Å². The monoisotopic (exact) mass is 353 g/mol. The summed E-state index contributed by atoms with van der Waals surface area (Å²) in [6, 6.07) is 8.61. The standard InChI is InChI=1S/C17H23NO7/c1-3-22-17(20)18-12-13(19)14-11(24-16(12)21-2)9-23-15(25-14)10-7-5-4-6-8-10/h4-8,11-16,19H,3,9H2,1-2H3,(H,18,20)/t11-,12-,13-,14-,15+,16-/m1/s1. The van der Waals surface area contributed by atoms with Gasteiger partial charge in [-0.1, -0.05) is 30.3 Å². The average molecular weight is 353 g/mol. The highest BCUT2D eigenvalue weighted by Gasteiger charge is 2.50. The minimum absolute atomic E-state index is 0.222. The first-order valence-electron chi connectivity index (χ1n) is 8.25. The van der Waals surface area contributed by atoms with Crippen molar-refractivity contribution in [2.45, 2.75) is 43.9 Å². The molecule has 8 heteroatoms. The van der Waals surface area contributed by atoms with Crippen molar-refractivity contribution >= 4 is 6.09 Å². The first kappa shape index (κ1) is 18.1. The summed E-state index contributed by atoms with van der Waals surface area (Å²) in [7, 11) is 1.44. The lowest BCUT2D eigenvalue weighted by molar-refractivity contribution is -0.341. The lowest BCUT2D eigenvalue weighted by atomic mass is 9.96. The predicted molar refractivity (Wildman–Crippen MR) is 85.6 cm³/mol. The summed E-state index contributed by atoms with van der Waals surface area (Å²) in [6.07, 6.45) is -4.30. The summed E-state index contributed by atoms with van der Waals surface area (Å²) in [4.78, 5) is 11.7. The van der Waals surface area contributed by atoms with E-state index in [-0.39, 0.29) is 13.2 Å². The number of aliphatic hydroxyl groups excluding tert-OH is 1. The van der Waals surface area contributed by atoms with E-state index in [0.717, 1.165) is 5.56 Å². The van der Waals surface area contributed by atoms with Crippen LogP contribution >= 0.6 is 0 Å². The number of carbonyl (C=O) groups is 1. The van der Waals surface area contributed by atoms with Gasteiger partial charge in [0.1, 0.15) is 24.4 Å². The van der Waals surface area contributed by atoms with Gasteiger partial charge in [0, 0.05) is 12.7 Å². The van der Waals surface area contributed by atoms with Gasteiger partial charge in [0.25, 0.3) is 0 Å². The fourth-order valence-electron chi connectivity index (χ4n) is 3.04. The fraction of sp³-hybridized carbons (Fsp3) is 0.588. The topological polar surface area (TPSA) is 95.5 Å². The molecule has 1 aromatic rings. The van der Waals surface area contributed by atoms with Crippen molar-refractivity contribution in [1.82, 2.24) is 5.32 Å². The molecule has 2 heterocycles. The molecule has 2 saturated heterocycles. The Balaban J connectivity index is 1.72. The van der Waals surface area contributed by atoms with Gasteiger partial charge in [-0.15, -0.1) is 0 Å². The van der Waals surface area contributed by atoms with Gasteiger partial charge in [-0.3, -0.25) is 0 Å². The van der Waals surface area contributed by atoms with E-state index < -0.39 is 43.0 Å². The van der Waals surface area contributed by atoms with Crippen LogP contribution in [0, 0.1) is 0 Å². The minimum atomic E-state index is -1.04. The third-order valence-corrected chi connectivity index (χ3v) is 4.23. The smallest absolute Gasteiger partial charge is 0.407 e. The van der Waals surface area contributed by atoms with E-state index in [1.54, 1.807) is 6.92 Å². The number of hydrogen-bond donors (Lipinski definition) is 2. The lowest BCUT2D eigenvalue weighted by Crippen LogP contribution is -2.66. The molecule has 0 bridgehead atoms. The summed E-state index contributed by atoms with van der Waals surface area (Å²) in [6.45, 7) is 2.16. The Morgan fingerprint density at radius 1 is 1.32 bits per heavy atom. The van der Waals surface area contributed by atoms with Crippen LogP contribution in [0.2, 0.25) is 0 Å². The lowest BCUT2D eigenvalue weighted by Gasteiger charge is -2.47. The Labute approximate surface area is 146 Å². The molecule has 2 aliphatic heterocycles. The molecule has 2 aliphatic rings. The van der Waals surface area contributed by atoms with Crippen LogP contribution < -0.4 is 5.32 Å². The number of nitrogens with one attached hydrogen (secondary N) is 1. The second-order valence-corrected chi connectivity index (χ2v) is 5.84. The van der Waals surface area contributed by atoms with Crippen LogP contribution in [-0.2, 0) is 23.7 Å². The van der Waals surface area contributed by atoms with Crippen molar-refractivity contribution in [2.75, 3.05) is 20.3 Å². The second-order valence-electron chi connectivity index (χ2n) is 5.84. The van der Waals surface area contributed by atoms with E-state index >= 15 is 0 Å². The molecular formula is C17H23NO7. The van der Waals surface area contributed by atoms with E-state index in [4.69, 9.17) is 23.7 Å². The Hall–Kier alpha value is -1.71. The Morgan fingerprint density at radius 2 is 2.08 bits per heavy atom. The van der Waals surface area contributed by atoms with Crippen molar-refractivity contribution in [3.8, 4) is 0 Å². The molecule has 3 rings (SSSR count). The maximum atomic E-state index is 11.7.